The van der Waals surface area contributed by atoms with Crippen molar-refractivity contribution in [2.24, 2.45) is 0 Å². The van der Waals surface area contributed by atoms with Gasteiger partial charge in [-0.3, -0.25) is 9.59 Å². The molecule has 1 aliphatic rings. The second-order valence-corrected chi connectivity index (χ2v) is 6.86. The van der Waals surface area contributed by atoms with E-state index in [0.717, 1.165) is 5.56 Å². The van der Waals surface area contributed by atoms with Crippen molar-refractivity contribution >= 4 is 23.2 Å². The second-order valence-electron chi connectivity index (χ2n) is 6.86. The highest BCUT2D eigenvalue weighted by Crippen LogP contribution is 2.35. The van der Waals surface area contributed by atoms with Gasteiger partial charge in [0.05, 0.1) is 12.2 Å². The number of hydrogen-bond donors (Lipinski definition) is 1. The molecule has 0 saturated heterocycles. The van der Waals surface area contributed by atoms with Gasteiger partial charge in [0, 0.05) is 16.8 Å². The fourth-order valence-corrected chi connectivity index (χ4v) is 3.16. The molecule has 0 unspecified atom stereocenters. The summed E-state index contributed by atoms with van der Waals surface area (Å²) >= 11 is 0. The summed E-state index contributed by atoms with van der Waals surface area (Å²) in [6, 6.07) is 18.6. The quantitative estimate of drug-likeness (QED) is 0.722. The van der Waals surface area contributed by atoms with Gasteiger partial charge in [-0.2, -0.15) is 0 Å². The average Bonchev–Trinajstić information content (AvgIpc) is 2.72. The summed E-state index contributed by atoms with van der Waals surface area (Å²) < 4.78 is 19.6. The standard InChI is InChI=1S/C23H19FN2O3/c1-15-6-8-16(9-7-15)23(28)25-18-10-11-21-20(12-18)26(22(27)14-29-21)13-17-4-2-3-5-19(17)24/h2-12H,13-14H2,1H3,(H,25,28). The summed E-state index contributed by atoms with van der Waals surface area (Å²) in [4.78, 5) is 26.4. The molecular weight excluding hydrogens is 371 g/mol. The minimum atomic E-state index is -0.378. The number of benzene rings is 3. The van der Waals surface area contributed by atoms with Gasteiger partial charge in [-0.15, -0.1) is 0 Å². The molecule has 0 aliphatic carbocycles. The van der Waals surface area contributed by atoms with Crippen LogP contribution in [-0.4, -0.2) is 18.4 Å². The van der Waals surface area contributed by atoms with Crippen LogP contribution in [0.3, 0.4) is 0 Å². The summed E-state index contributed by atoms with van der Waals surface area (Å²) in [5.74, 6) is -0.400. The Bertz CT molecular complexity index is 1080. The van der Waals surface area contributed by atoms with Crippen molar-refractivity contribution in [2.75, 3.05) is 16.8 Å². The Kier molecular flexibility index (Phi) is 4.99. The van der Waals surface area contributed by atoms with Crippen LogP contribution in [0.1, 0.15) is 21.5 Å². The third-order valence-electron chi connectivity index (χ3n) is 4.76. The lowest BCUT2D eigenvalue weighted by Crippen LogP contribution is -2.38. The molecule has 0 bridgehead atoms. The predicted octanol–water partition coefficient (Wildman–Crippen LogP) is 4.31. The van der Waals surface area contributed by atoms with Gasteiger partial charge < -0.3 is 15.0 Å². The lowest BCUT2D eigenvalue weighted by molar-refractivity contribution is -0.121. The van der Waals surface area contributed by atoms with Crippen LogP contribution in [0.15, 0.2) is 66.7 Å². The zero-order chi connectivity index (χ0) is 20.4. The summed E-state index contributed by atoms with van der Waals surface area (Å²) in [6.07, 6.45) is 0. The zero-order valence-electron chi connectivity index (χ0n) is 15.8. The highest BCUT2D eigenvalue weighted by atomic mass is 19.1. The van der Waals surface area contributed by atoms with E-state index in [1.807, 2.05) is 19.1 Å². The van der Waals surface area contributed by atoms with Crippen molar-refractivity contribution in [1.29, 1.82) is 0 Å². The monoisotopic (exact) mass is 390 g/mol. The topological polar surface area (TPSA) is 58.6 Å². The van der Waals surface area contributed by atoms with Crippen LogP contribution in [0.5, 0.6) is 5.75 Å². The van der Waals surface area contributed by atoms with Crippen LogP contribution >= 0.6 is 0 Å². The lowest BCUT2D eigenvalue weighted by atomic mass is 10.1. The van der Waals surface area contributed by atoms with Crippen LogP contribution in [0.2, 0.25) is 0 Å². The first-order valence-corrected chi connectivity index (χ1v) is 9.20. The normalized spacial score (nSPS) is 12.9. The van der Waals surface area contributed by atoms with Crippen LogP contribution in [-0.2, 0) is 11.3 Å². The van der Waals surface area contributed by atoms with Crippen molar-refractivity contribution in [3.8, 4) is 5.75 Å². The molecule has 0 atom stereocenters. The molecule has 1 aliphatic heterocycles. The number of amides is 2. The minimum absolute atomic E-state index is 0.0806. The Hall–Kier alpha value is -3.67. The minimum Gasteiger partial charge on any atom is -0.482 e. The van der Waals surface area contributed by atoms with Crippen molar-refractivity contribution in [3.05, 3.63) is 89.2 Å². The highest BCUT2D eigenvalue weighted by Gasteiger charge is 2.27. The molecule has 3 aromatic rings. The average molecular weight is 390 g/mol. The molecule has 0 spiro atoms. The largest absolute Gasteiger partial charge is 0.482 e. The molecule has 0 saturated carbocycles. The molecule has 0 aromatic heterocycles. The van der Waals surface area contributed by atoms with Gasteiger partial charge in [0.15, 0.2) is 6.61 Å². The first kappa shape index (κ1) is 18.7. The fourth-order valence-electron chi connectivity index (χ4n) is 3.16. The van der Waals surface area contributed by atoms with E-state index >= 15 is 0 Å². The number of ether oxygens (including phenoxy) is 1. The van der Waals surface area contributed by atoms with E-state index in [9.17, 15) is 14.0 Å². The van der Waals surface area contributed by atoms with Crippen molar-refractivity contribution in [3.63, 3.8) is 0 Å². The lowest BCUT2D eigenvalue weighted by Gasteiger charge is -2.30. The molecule has 4 rings (SSSR count). The van der Waals surface area contributed by atoms with Gasteiger partial charge in [-0.25, -0.2) is 4.39 Å². The van der Waals surface area contributed by atoms with E-state index in [0.29, 0.717) is 28.3 Å². The van der Waals surface area contributed by atoms with E-state index in [1.54, 1.807) is 48.5 Å². The van der Waals surface area contributed by atoms with E-state index < -0.39 is 0 Å². The van der Waals surface area contributed by atoms with Crippen LogP contribution in [0.25, 0.3) is 0 Å². The molecular formula is C23H19FN2O3. The second kappa shape index (κ2) is 7.75. The number of hydrogen-bond acceptors (Lipinski definition) is 3. The number of nitrogens with one attached hydrogen (secondary N) is 1. The third-order valence-corrected chi connectivity index (χ3v) is 4.76. The number of carbonyl (C=O) groups excluding carboxylic acids is 2. The third kappa shape index (κ3) is 3.96. The molecule has 3 aromatic carbocycles. The van der Waals surface area contributed by atoms with Gasteiger partial charge in [-0.1, -0.05) is 35.9 Å². The maximum absolute atomic E-state index is 14.1. The van der Waals surface area contributed by atoms with E-state index in [4.69, 9.17) is 4.74 Å². The number of fused-ring (bicyclic) bond motifs is 1. The molecule has 0 radical (unpaired) electrons. The van der Waals surface area contributed by atoms with Crippen LogP contribution in [0, 0.1) is 12.7 Å². The summed E-state index contributed by atoms with van der Waals surface area (Å²) in [5, 5.41) is 2.83. The first-order chi connectivity index (χ1) is 14.0. The zero-order valence-corrected chi connectivity index (χ0v) is 15.8. The Morgan fingerprint density at radius 2 is 1.86 bits per heavy atom. The Morgan fingerprint density at radius 1 is 1.10 bits per heavy atom. The molecule has 2 amide bonds. The molecule has 0 fully saturated rings. The van der Waals surface area contributed by atoms with Gasteiger partial charge in [0.1, 0.15) is 11.6 Å². The van der Waals surface area contributed by atoms with E-state index in [-0.39, 0.29) is 30.8 Å². The molecule has 1 N–H and O–H groups in total. The van der Waals surface area contributed by atoms with Gasteiger partial charge in [-0.05, 0) is 43.3 Å². The molecule has 6 heteroatoms. The molecule has 5 nitrogen and oxygen atoms in total. The van der Waals surface area contributed by atoms with Gasteiger partial charge >= 0.3 is 0 Å². The first-order valence-electron chi connectivity index (χ1n) is 9.20. The summed E-state index contributed by atoms with van der Waals surface area (Å²) in [6.45, 7) is 1.92. The predicted molar refractivity (Wildman–Crippen MR) is 109 cm³/mol. The number of rotatable bonds is 4. The van der Waals surface area contributed by atoms with Crippen molar-refractivity contribution < 1.29 is 18.7 Å². The van der Waals surface area contributed by atoms with Crippen molar-refractivity contribution in [1.82, 2.24) is 0 Å². The summed E-state index contributed by atoms with van der Waals surface area (Å²) in [7, 11) is 0. The molecule has 146 valence electrons. The number of nitrogens with zero attached hydrogens (tertiary/aromatic N) is 1. The van der Waals surface area contributed by atoms with Crippen LogP contribution < -0.4 is 15.0 Å². The number of aryl methyl sites for hydroxylation is 1. The SMILES string of the molecule is Cc1ccc(C(=O)Nc2ccc3c(c2)N(Cc2ccccc2F)C(=O)CO3)cc1. The Balaban J connectivity index is 1.61. The number of halogens is 1. The maximum Gasteiger partial charge on any atom is 0.265 e. The fraction of sp³-hybridized carbons (Fsp3) is 0.130. The van der Waals surface area contributed by atoms with Crippen LogP contribution in [0.4, 0.5) is 15.8 Å². The Labute approximate surface area is 167 Å². The number of carbonyl (C=O) groups is 2. The maximum atomic E-state index is 14.1. The molecule has 1 heterocycles. The smallest absolute Gasteiger partial charge is 0.265 e. The van der Waals surface area contributed by atoms with Gasteiger partial charge in [0.25, 0.3) is 11.8 Å². The van der Waals surface area contributed by atoms with Gasteiger partial charge in [0.2, 0.25) is 0 Å². The highest BCUT2D eigenvalue weighted by molar-refractivity contribution is 6.05. The summed E-state index contributed by atoms with van der Waals surface area (Å²) in [5.41, 5.74) is 3.01. The Morgan fingerprint density at radius 3 is 2.62 bits per heavy atom. The van der Waals surface area contributed by atoms with E-state index in [1.165, 1.54) is 11.0 Å². The number of anilines is 2. The van der Waals surface area contributed by atoms with Crippen molar-refractivity contribution in [2.45, 2.75) is 13.5 Å². The van der Waals surface area contributed by atoms with E-state index in [2.05, 4.69) is 5.32 Å². The molecule has 29 heavy (non-hydrogen) atoms.